The van der Waals surface area contributed by atoms with Crippen LogP contribution in [-0.4, -0.2) is 42.1 Å². The van der Waals surface area contributed by atoms with Crippen LogP contribution in [0.5, 0.6) is 0 Å². The van der Waals surface area contributed by atoms with Crippen molar-refractivity contribution in [3.8, 4) is 0 Å². The molecule has 2 saturated heterocycles. The van der Waals surface area contributed by atoms with Gasteiger partial charge in [-0.15, -0.1) is 0 Å². The first-order valence-corrected chi connectivity index (χ1v) is 8.35. The maximum atomic E-state index is 5.97. The SMILES string of the molecule is Cc1cc(C)c(CN)c(N2CCC(N3CCCCC3)C2)n1. The predicted octanol–water partition coefficient (Wildman–Crippen LogP) is 2.22. The van der Waals surface area contributed by atoms with Crippen LogP contribution in [0.15, 0.2) is 6.07 Å². The number of hydrogen-bond acceptors (Lipinski definition) is 4. The second kappa shape index (κ2) is 6.32. The van der Waals surface area contributed by atoms with Gasteiger partial charge in [0.15, 0.2) is 0 Å². The van der Waals surface area contributed by atoms with Crippen LogP contribution in [0, 0.1) is 13.8 Å². The molecule has 2 aliphatic rings. The fourth-order valence-electron chi connectivity index (χ4n) is 3.87. The van der Waals surface area contributed by atoms with Crippen molar-refractivity contribution >= 4 is 5.82 Å². The van der Waals surface area contributed by atoms with Crippen molar-refractivity contribution in [3.05, 3.63) is 22.9 Å². The molecule has 0 aromatic carbocycles. The summed E-state index contributed by atoms with van der Waals surface area (Å²) in [4.78, 5) is 9.94. The van der Waals surface area contributed by atoms with E-state index in [4.69, 9.17) is 10.7 Å². The lowest BCUT2D eigenvalue weighted by Gasteiger charge is -2.32. The molecule has 0 saturated carbocycles. The lowest BCUT2D eigenvalue weighted by molar-refractivity contribution is 0.174. The Morgan fingerprint density at radius 2 is 1.95 bits per heavy atom. The van der Waals surface area contributed by atoms with Gasteiger partial charge in [-0.25, -0.2) is 4.98 Å². The summed E-state index contributed by atoms with van der Waals surface area (Å²) in [7, 11) is 0. The Morgan fingerprint density at radius 3 is 2.67 bits per heavy atom. The third-order valence-electron chi connectivity index (χ3n) is 5.03. The van der Waals surface area contributed by atoms with Crippen LogP contribution in [0.3, 0.4) is 0 Å². The second-order valence-corrected chi connectivity index (χ2v) is 6.57. The topological polar surface area (TPSA) is 45.4 Å². The summed E-state index contributed by atoms with van der Waals surface area (Å²) < 4.78 is 0. The molecule has 1 unspecified atom stereocenters. The average molecular weight is 288 g/mol. The summed E-state index contributed by atoms with van der Waals surface area (Å²) in [5.74, 6) is 1.13. The van der Waals surface area contributed by atoms with Gasteiger partial charge in [-0.05, 0) is 57.8 Å². The number of piperidine rings is 1. The van der Waals surface area contributed by atoms with Gasteiger partial charge < -0.3 is 10.6 Å². The minimum Gasteiger partial charge on any atom is -0.355 e. The number of aryl methyl sites for hydroxylation is 2. The normalized spacial score (nSPS) is 23.8. The Morgan fingerprint density at radius 1 is 1.19 bits per heavy atom. The first kappa shape index (κ1) is 14.8. The van der Waals surface area contributed by atoms with Crippen molar-refractivity contribution in [2.75, 3.05) is 31.1 Å². The van der Waals surface area contributed by atoms with Gasteiger partial charge >= 0.3 is 0 Å². The first-order chi connectivity index (χ1) is 10.2. The van der Waals surface area contributed by atoms with Crippen molar-refractivity contribution in [2.24, 2.45) is 5.73 Å². The molecule has 4 nitrogen and oxygen atoms in total. The van der Waals surface area contributed by atoms with Crippen molar-refractivity contribution in [1.29, 1.82) is 0 Å². The molecule has 1 aromatic heterocycles. The van der Waals surface area contributed by atoms with E-state index in [1.165, 1.54) is 49.9 Å². The quantitative estimate of drug-likeness (QED) is 0.926. The number of pyridine rings is 1. The molecule has 0 radical (unpaired) electrons. The van der Waals surface area contributed by atoms with E-state index in [1.807, 2.05) is 0 Å². The molecule has 0 aliphatic carbocycles. The standard InChI is InChI=1S/C17H28N4/c1-13-10-14(2)19-17(16(13)11-18)21-9-6-15(12-21)20-7-4-3-5-8-20/h10,15H,3-9,11-12,18H2,1-2H3. The van der Waals surface area contributed by atoms with E-state index in [1.54, 1.807) is 0 Å². The van der Waals surface area contributed by atoms with Gasteiger partial charge in [0.25, 0.3) is 0 Å². The molecule has 2 N–H and O–H groups in total. The van der Waals surface area contributed by atoms with Gasteiger partial charge in [-0.1, -0.05) is 6.42 Å². The number of rotatable bonds is 3. The van der Waals surface area contributed by atoms with Crippen molar-refractivity contribution in [3.63, 3.8) is 0 Å². The zero-order valence-corrected chi connectivity index (χ0v) is 13.4. The second-order valence-electron chi connectivity index (χ2n) is 6.57. The summed E-state index contributed by atoms with van der Waals surface area (Å²) in [6.07, 6.45) is 5.40. The lowest BCUT2D eigenvalue weighted by Crippen LogP contribution is -2.41. The monoisotopic (exact) mass is 288 g/mol. The Bertz CT molecular complexity index is 494. The number of nitrogens with two attached hydrogens (primary N) is 1. The highest BCUT2D eigenvalue weighted by molar-refractivity contribution is 5.52. The van der Waals surface area contributed by atoms with Crippen LogP contribution in [0.25, 0.3) is 0 Å². The molecule has 3 rings (SSSR count). The maximum absolute atomic E-state index is 5.97. The van der Waals surface area contributed by atoms with Gasteiger partial charge in [0, 0.05) is 36.9 Å². The molecule has 4 heteroatoms. The fraction of sp³-hybridized carbons (Fsp3) is 0.706. The maximum Gasteiger partial charge on any atom is 0.133 e. The highest BCUT2D eigenvalue weighted by atomic mass is 15.3. The third kappa shape index (κ3) is 3.06. The van der Waals surface area contributed by atoms with E-state index >= 15 is 0 Å². The number of aromatic nitrogens is 1. The zero-order valence-electron chi connectivity index (χ0n) is 13.4. The van der Waals surface area contributed by atoms with Gasteiger partial charge in [0.1, 0.15) is 5.82 Å². The number of anilines is 1. The molecule has 2 aliphatic heterocycles. The average Bonchev–Trinajstić information content (AvgIpc) is 2.97. The molecule has 21 heavy (non-hydrogen) atoms. The van der Waals surface area contributed by atoms with Crippen LogP contribution in [0.4, 0.5) is 5.82 Å². The van der Waals surface area contributed by atoms with Gasteiger partial charge in [-0.3, -0.25) is 4.90 Å². The largest absolute Gasteiger partial charge is 0.355 e. The highest BCUT2D eigenvalue weighted by Gasteiger charge is 2.30. The van der Waals surface area contributed by atoms with Gasteiger partial charge in [0.2, 0.25) is 0 Å². The predicted molar refractivity (Wildman–Crippen MR) is 87.6 cm³/mol. The summed E-state index contributed by atoms with van der Waals surface area (Å²) in [6.45, 7) is 9.60. The smallest absolute Gasteiger partial charge is 0.133 e. The number of hydrogen-bond donors (Lipinski definition) is 1. The van der Waals surface area contributed by atoms with E-state index in [9.17, 15) is 0 Å². The van der Waals surface area contributed by atoms with E-state index in [-0.39, 0.29) is 0 Å². The fourth-order valence-corrected chi connectivity index (χ4v) is 3.87. The molecule has 1 atom stereocenters. The Labute approximate surface area is 128 Å². The molecule has 3 heterocycles. The minimum absolute atomic E-state index is 0.583. The Balaban J connectivity index is 1.76. The van der Waals surface area contributed by atoms with Crippen LogP contribution >= 0.6 is 0 Å². The molecule has 0 spiro atoms. The van der Waals surface area contributed by atoms with E-state index in [0.717, 1.165) is 24.6 Å². The van der Waals surface area contributed by atoms with Crippen LogP contribution < -0.4 is 10.6 Å². The molecule has 0 amide bonds. The van der Waals surface area contributed by atoms with Crippen LogP contribution in [0.1, 0.15) is 42.5 Å². The Kier molecular flexibility index (Phi) is 4.45. The molecule has 1 aromatic rings. The zero-order chi connectivity index (χ0) is 14.8. The van der Waals surface area contributed by atoms with Crippen molar-refractivity contribution in [1.82, 2.24) is 9.88 Å². The van der Waals surface area contributed by atoms with E-state index < -0.39 is 0 Å². The van der Waals surface area contributed by atoms with Crippen LogP contribution in [-0.2, 0) is 6.54 Å². The molecular formula is C17H28N4. The summed E-state index contributed by atoms with van der Waals surface area (Å²) >= 11 is 0. The van der Waals surface area contributed by atoms with Crippen molar-refractivity contribution in [2.45, 2.75) is 52.1 Å². The first-order valence-electron chi connectivity index (χ1n) is 8.35. The van der Waals surface area contributed by atoms with E-state index in [0.29, 0.717) is 12.6 Å². The molecule has 116 valence electrons. The summed E-state index contributed by atoms with van der Waals surface area (Å²) in [5, 5.41) is 0. The number of nitrogens with zero attached hydrogens (tertiary/aromatic N) is 3. The van der Waals surface area contributed by atoms with Crippen LogP contribution in [0.2, 0.25) is 0 Å². The minimum atomic E-state index is 0.583. The molecule has 0 bridgehead atoms. The van der Waals surface area contributed by atoms with Crippen molar-refractivity contribution < 1.29 is 0 Å². The highest BCUT2D eigenvalue weighted by Crippen LogP contribution is 2.28. The van der Waals surface area contributed by atoms with E-state index in [2.05, 4.69) is 29.7 Å². The third-order valence-corrected chi connectivity index (χ3v) is 5.03. The lowest BCUT2D eigenvalue weighted by atomic mass is 10.1. The Hall–Kier alpha value is -1.13. The summed E-state index contributed by atoms with van der Waals surface area (Å²) in [6, 6.07) is 2.85. The molecular weight excluding hydrogens is 260 g/mol. The van der Waals surface area contributed by atoms with Gasteiger partial charge in [0.05, 0.1) is 0 Å². The molecule has 2 fully saturated rings. The number of likely N-dealkylation sites (tertiary alicyclic amines) is 1. The van der Waals surface area contributed by atoms with Gasteiger partial charge in [-0.2, -0.15) is 0 Å². The summed E-state index contributed by atoms with van der Waals surface area (Å²) in [5.41, 5.74) is 9.57.